The number of nitrogens with one attached hydrogen (secondary N) is 1. The number of pyridine rings is 1. The van der Waals surface area contributed by atoms with Gasteiger partial charge in [0.25, 0.3) is 0 Å². The van der Waals surface area contributed by atoms with E-state index in [2.05, 4.69) is 15.2 Å². The van der Waals surface area contributed by atoms with Crippen molar-refractivity contribution in [1.82, 2.24) is 9.88 Å². The number of aromatic nitrogens is 1. The molecule has 3 heterocycles. The second-order valence-electron chi connectivity index (χ2n) is 9.06. The topological polar surface area (TPSA) is 67.6 Å². The molecular weight excluding hydrogens is 507 g/mol. The van der Waals surface area contributed by atoms with Crippen LogP contribution in [-0.2, 0) is 22.3 Å². The second-order valence-corrected chi connectivity index (χ2v) is 9.06. The number of benzene rings is 2. The maximum atomic E-state index is 13.1. The number of nitrogens with zero attached hydrogens (tertiary/aromatic N) is 2. The predicted octanol–water partition coefficient (Wildman–Crippen LogP) is 6.31. The molecule has 0 radical (unpaired) electrons. The Kier molecular flexibility index (Phi) is 7.90. The minimum absolute atomic E-state index is 0.352. The van der Waals surface area contributed by atoms with Gasteiger partial charge < -0.3 is 14.5 Å². The summed E-state index contributed by atoms with van der Waals surface area (Å²) in [6, 6.07) is 15.9. The Hall–Kier alpha value is -4.21. The first-order valence-corrected chi connectivity index (χ1v) is 12.5. The molecule has 5 rings (SSSR count). The first-order chi connectivity index (χ1) is 18.9. The third-order valence-corrected chi connectivity index (χ3v) is 6.38. The van der Waals surface area contributed by atoms with E-state index in [9.17, 15) is 18.0 Å². The minimum atomic E-state index is -4.44. The zero-order chi connectivity index (χ0) is 27.2. The number of fused-ring (bicyclic) bond motifs is 1. The van der Waals surface area contributed by atoms with Crippen LogP contribution in [0.1, 0.15) is 22.6 Å². The third kappa shape index (κ3) is 6.63. The van der Waals surface area contributed by atoms with Gasteiger partial charge in [0, 0.05) is 53.6 Å². The molecule has 2 aromatic heterocycles. The SMILES string of the molecule is O=C(C=CC=C(c1ccc(C(F)(F)F)cc1)c1ccc(CN2CCOCC2)o1)Nc1cccc2cnccc12. The van der Waals surface area contributed by atoms with Crippen molar-refractivity contribution in [3.05, 3.63) is 114 Å². The molecule has 1 aliphatic rings. The van der Waals surface area contributed by atoms with E-state index < -0.39 is 11.7 Å². The van der Waals surface area contributed by atoms with Crippen molar-refractivity contribution in [3.8, 4) is 0 Å². The van der Waals surface area contributed by atoms with E-state index in [1.165, 1.54) is 18.2 Å². The number of anilines is 1. The van der Waals surface area contributed by atoms with Gasteiger partial charge >= 0.3 is 6.18 Å². The summed E-state index contributed by atoms with van der Waals surface area (Å²) in [5, 5.41) is 4.62. The number of carbonyl (C=O) groups is 1. The van der Waals surface area contributed by atoms with Crippen molar-refractivity contribution in [1.29, 1.82) is 0 Å². The maximum absolute atomic E-state index is 13.1. The number of hydrogen-bond donors (Lipinski definition) is 1. The average molecular weight is 534 g/mol. The average Bonchev–Trinajstić information content (AvgIpc) is 3.39. The monoisotopic (exact) mass is 533 g/mol. The highest BCUT2D eigenvalue weighted by molar-refractivity contribution is 6.06. The van der Waals surface area contributed by atoms with Crippen LogP contribution in [-0.4, -0.2) is 42.1 Å². The zero-order valence-corrected chi connectivity index (χ0v) is 20.9. The molecule has 1 saturated heterocycles. The first-order valence-electron chi connectivity index (χ1n) is 12.5. The molecule has 0 spiro atoms. The van der Waals surface area contributed by atoms with Gasteiger partial charge in [0.2, 0.25) is 5.91 Å². The fourth-order valence-corrected chi connectivity index (χ4v) is 4.38. The van der Waals surface area contributed by atoms with E-state index in [0.29, 0.717) is 42.3 Å². The highest BCUT2D eigenvalue weighted by Crippen LogP contribution is 2.32. The Morgan fingerprint density at radius 1 is 1.03 bits per heavy atom. The largest absolute Gasteiger partial charge is 0.460 e. The van der Waals surface area contributed by atoms with E-state index in [1.807, 2.05) is 24.3 Å². The summed E-state index contributed by atoms with van der Waals surface area (Å²) in [6.45, 7) is 3.51. The molecule has 4 aromatic rings. The van der Waals surface area contributed by atoms with Crippen molar-refractivity contribution in [3.63, 3.8) is 0 Å². The number of morpholine rings is 1. The van der Waals surface area contributed by atoms with Crippen molar-refractivity contribution in [2.24, 2.45) is 0 Å². The van der Waals surface area contributed by atoms with Crippen LogP contribution < -0.4 is 5.32 Å². The van der Waals surface area contributed by atoms with Gasteiger partial charge in [0.05, 0.1) is 25.3 Å². The lowest BCUT2D eigenvalue weighted by Gasteiger charge is -2.25. The quantitative estimate of drug-likeness (QED) is 0.223. The number of allylic oxidation sites excluding steroid dienone is 2. The van der Waals surface area contributed by atoms with Crippen molar-refractivity contribution >= 4 is 27.9 Å². The Bertz CT molecular complexity index is 1500. The van der Waals surface area contributed by atoms with Crippen molar-refractivity contribution in [2.75, 3.05) is 31.6 Å². The fraction of sp³-hybridized carbons (Fsp3) is 0.200. The van der Waals surface area contributed by atoms with Crippen LogP contribution in [0.2, 0.25) is 0 Å². The van der Waals surface area contributed by atoms with E-state index in [-0.39, 0.29) is 5.91 Å². The molecule has 0 bridgehead atoms. The van der Waals surface area contributed by atoms with Crippen LogP contribution in [0.3, 0.4) is 0 Å². The number of furan rings is 1. The summed E-state index contributed by atoms with van der Waals surface area (Å²) in [4.78, 5) is 19.0. The maximum Gasteiger partial charge on any atom is 0.416 e. The lowest BCUT2D eigenvalue weighted by Crippen LogP contribution is -2.35. The Balaban J connectivity index is 1.39. The van der Waals surface area contributed by atoms with Crippen LogP contribution in [0.5, 0.6) is 0 Å². The summed E-state index contributed by atoms with van der Waals surface area (Å²) in [7, 11) is 0. The summed E-state index contributed by atoms with van der Waals surface area (Å²) in [6.07, 6.45) is 3.52. The lowest BCUT2D eigenvalue weighted by molar-refractivity contribution is -0.137. The molecule has 0 atom stereocenters. The third-order valence-electron chi connectivity index (χ3n) is 6.38. The number of ether oxygens (including phenoxy) is 1. The number of alkyl halides is 3. The summed E-state index contributed by atoms with van der Waals surface area (Å²) < 4.78 is 50.9. The number of carbonyl (C=O) groups excluding carboxylic acids is 1. The standard InChI is InChI=1S/C30H26F3N3O3/c31-30(32,33)23-9-7-21(8-10-23)26(28-12-11-24(39-28)20-36-15-17-38-18-16-36)4-2-6-29(37)35-27-5-1-3-22-19-34-14-13-25(22)27/h1-14,19H,15-18,20H2,(H,35,37). The van der Waals surface area contributed by atoms with Gasteiger partial charge in [-0.15, -0.1) is 0 Å². The number of rotatable bonds is 7. The van der Waals surface area contributed by atoms with Crippen LogP contribution in [0, 0.1) is 0 Å². The van der Waals surface area contributed by atoms with Gasteiger partial charge in [-0.1, -0.05) is 36.4 Å². The fourth-order valence-electron chi connectivity index (χ4n) is 4.38. The van der Waals surface area contributed by atoms with E-state index in [4.69, 9.17) is 9.15 Å². The van der Waals surface area contributed by atoms with Crippen molar-refractivity contribution in [2.45, 2.75) is 12.7 Å². The second kappa shape index (κ2) is 11.7. The summed E-state index contributed by atoms with van der Waals surface area (Å²) in [5.41, 5.74) is 0.993. The number of amides is 1. The molecule has 9 heteroatoms. The van der Waals surface area contributed by atoms with E-state index in [0.717, 1.165) is 41.8 Å². The highest BCUT2D eigenvalue weighted by Gasteiger charge is 2.30. The van der Waals surface area contributed by atoms with Crippen LogP contribution in [0.15, 0.2) is 95.7 Å². The van der Waals surface area contributed by atoms with E-state index >= 15 is 0 Å². The predicted molar refractivity (Wildman–Crippen MR) is 143 cm³/mol. The molecule has 0 saturated carbocycles. The molecule has 1 amide bonds. The Morgan fingerprint density at radius 3 is 2.59 bits per heavy atom. The number of hydrogen-bond acceptors (Lipinski definition) is 5. The summed E-state index contributed by atoms with van der Waals surface area (Å²) in [5.74, 6) is 0.872. The van der Waals surface area contributed by atoms with Gasteiger partial charge in [-0.2, -0.15) is 13.2 Å². The molecule has 200 valence electrons. The van der Waals surface area contributed by atoms with Crippen LogP contribution in [0.4, 0.5) is 18.9 Å². The molecule has 1 N–H and O–H groups in total. The smallest absolute Gasteiger partial charge is 0.416 e. The van der Waals surface area contributed by atoms with Gasteiger partial charge in [0.15, 0.2) is 0 Å². The first kappa shape index (κ1) is 26.4. The zero-order valence-electron chi connectivity index (χ0n) is 20.9. The Morgan fingerprint density at radius 2 is 1.82 bits per heavy atom. The minimum Gasteiger partial charge on any atom is -0.460 e. The lowest BCUT2D eigenvalue weighted by atomic mass is 10.0. The normalized spacial score (nSPS) is 15.2. The van der Waals surface area contributed by atoms with Gasteiger partial charge in [-0.25, -0.2) is 0 Å². The van der Waals surface area contributed by atoms with Crippen molar-refractivity contribution < 1.29 is 27.1 Å². The van der Waals surface area contributed by atoms with E-state index in [1.54, 1.807) is 36.7 Å². The molecular formula is C30H26F3N3O3. The highest BCUT2D eigenvalue weighted by atomic mass is 19.4. The molecule has 1 aliphatic heterocycles. The summed E-state index contributed by atoms with van der Waals surface area (Å²) >= 11 is 0. The molecule has 2 aromatic carbocycles. The van der Waals surface area contributed by atoms with Crippen LogP contribution >= 0.6 is 0 Å². The Labute approximate surface area is 223 Å². The van der Waals surface area contributed by atoms with Gasteiger partial charge in [0.1, 0.15) is 11.5 Å². The van der Waals surface area contributed by atoms with Gasteiger partial charge in [-0.05, 0) is 42.0 Å². The molecule has 1 fully saturated rings. The molecule has 0 aliphatic carbocycles. The van der Waals surface area contributed by atoms with Gasteiger partial charge in [-0.3, -0.25) is 14.7 Å². The molecule has 6 nitrogen and oxygen atoms in total. The molecule has 39 heavy (non-hydrogen) atoms. The van der Waals surface area contributed by atoms with Crippen LogP contribution in [0.25, 0.3) is 16.3 Å². The number of halogens is 3. The molecule has 0 unspecified atom stereocenters.